The van der Waals surface area contributed by atoms with Gasteiger partial charge in [0.15, 0.2) is 5.69 Å². The molecule has 0 saturated carbocycles. The van der Waals surface area contributed by atoms with Gasteiger partial charge in [-0.25, -0.2) is 0 Å². The second-order valence-corrected chi connectivity index (χ2v) is 6.47. The minimum absolute atomic E-state index is 0.148. The topological polar surface area (TPSA) is 80.0 Å². The molecule has 2 N–H and O–H groups in total. The molecular formula is C18H21ClN4O2. The number of allylic oxidation sites excluding steroid dienone is 1. The van der Waals surface area contributed by atoms with E-state index in [2.05, 4.69) is 21.6 Å². The molecular weight excluding hydrogens is 340 g/mol. The van der Waals surface area contributed by atoms with Gasteiger partial charge < -0.3 is 10.4 Å². The zero-order valence-electron chi connectivity index (χ0n) is 13.9. The predicted molar refractivity (Wildman–Crippen MR) is 95.8 cm³/mol. The van der Waals surface area contributed by atoms with Crippen molar-refractivity contribution in [3.63, 3.8) is 0 Å². The van der Waals surface area contributed by atoms with Gasteiger partial charge >= 0.3 is 0 Å². The summed E-state index contributed by atoms with van der Waals surface area (Å²) < 4.78 is 0. The predicted octanol–water partition coefficient (Wildman–Crippen LogP) is 3.03. The number of carbonyl (C=O) groups excluding carboxylic acids is 1. The van der Waals surface area contributed by atoms with E-state index in [-0.39, 0.29) is 23.9 Å². The van der Waals surface area contributed by atoms with Crippen LogP contribution in [0.15, 0.2) is 35.9 Å². The average molecular weight is 361 g/mol. The number of halogens is 1. The molecule has 1 heterocycles. The second-order valence-electron chi connectivity index (χ2n) is 6.03. The van der Waals surface area contributed by atoms with E-state index >= 15 is 0 Å². The Labute approximate surface area is 151 Å². The zero-order chi connectivity index (χ0) is 17.6. The van der Waals surface area contributed by atoms with Crippen molar-refractivity contribution >= 4 is 17.5 Å². The summed E-state index contributed by atoms with van der Waals surface area (Å²) in [5.74, 6) is -0.319. The number of nitrogens with one attached hydrogen (secondary N) is 1. The largest absolute Gasteiger partial charge is 0.390 e. The number of aliphatic hydroxyl groups excluding tert-OH is 1. The molecule has 7 heteroatoms. The fourth-order valence-corrected chi connectivity index (χ4v) is 2.99. The summed E-state index contributed by atoms with van der Waals surface area (Å²) in [7, 11) is 0. The SMILES string of the molecule is O=C(NCCC1=CCCCC1)c1nn(-c2ccc(Cl)cc2)nc1CO. The van der Waals surface area contributed by atoms with E-state index < -0.39 is 0 Å². The van der Waals surface area contributed by atoms with E-state index in [1.165, 1.54) is 23.2 Å². The zero-order valence-corrected chi connectivity index (χ0v) is 14.7. The van der Waals surface area contributed by atoms with E-state index in [1.54, 1.807) is 24.3 Å². The number of aliphatic hydroxyl groups is 1. The molecule has 3 rings (SSSR count). The highest BCUT2D eigenvalue weighted by Crippen LogP contribution is 2.19. The number of hydrogen-bond acceptors (Lipinski definition) is 4. The first kappa shape index (κ1) is 17.6. The van der Waals surface area contributed by atoms with Crippen molar-refractivity contribution in [2.75, 3.05) is 6.54 Å². The quantitative estimate of drug-likeness (QED) is 0.776. The molecule has 1 aromatic carbocycles. The van der Waals surface area contributed by atoms with Crippen LogP contribution in [0.5, 0.6) is 0 Å². The highest BCUT2D eigenvalue weighted by atomic mass is 35.5. The summed E-state index contributed by atoms with van der Waals surface area (Å²) in [5.41, 5.74) is 2.48. The van der Waals surface area contributed by atoms with Crippen LogP contribution in [0.25, 0.3) is 5.69 Å². The van der Waals surface area contributed by atoms with Crippen molar-refractivity contribution in [2.45, 2.75) is 38.7 Å². The molecule has 0 fully saturated rings. The Morgan fingerprint density at radius 1 is 1.24 bits per heavy atom. The molecule has 2 aromatic rings. The number of amides is 1. The third-order valence-electron chi connectivity index (χ3n) is 4.22. The van der Waals surface area contributed by atoms with E-state index in [1.807, 2.05) is 0 Å². The molecule has 0 bridgehead atoms. The Balaban J connectivity index is 1.67. The normalized spacial score (nSPS) is 14.2. The Morgan fingerprint density at radius 2 is 2.04 bits per heavy atom. The highest BCUT2D eigenvalue weighted by molar-refractivity contribution is 6.30. The molecule has 0 spiro atoms. The van der Waals surface area contributed by atoms with E-state index in [0.717, 1.165) is 19.3 Å². The molecule has 25 heavy (non-hydrogen) atoms. The molecule has 1 amide bonds. The molecule has 0 aliphatic heterocycles. The van der Waals surface area contributed by atoms with E-state index in [0.29, 0.717) is 17.3 Å². The third-order valence-corrected chi connectivity index (χ3v) is 4.47. The second kappa shape index (κ2) is 8.27. The molecule has 6 nitrogen and oxygen atoms in total. The molecule has 1 aliphatic carbocycles. The number of benzene rings is 1. The Kier molecular flexibility index (Phi) is 5.83. The van der Waals surface area contributed by atoms with Crippen LogP contribution in [0, 0.1) is 0 Å². The molecule has 132 valence electrons. The minimum atomic E-state index is -0.346. The summed E-state index contributed by atoms with van der Waals surface area (Å²) in [6, 6.07) is 6.94. The number of hydrogen-bond donors (Lipinski definition) is 2. The molecule has 0 atom stereocenters. The molecule has 1 aromatic heterocycles. The van der Waals surface area contributed by atoms with Gasteiger partial charge in [0.2, 0.25) is 0 Å². The van der Waals surface area contributed by atoms with Crippen LogP contribution in [-0.2, 0) is 6.61 Å². The fraction of sp³-hybridized carbons (Fsp3) is 0.389. The average Bonchev–Trinajstić information content (AvgIpc) is 3.07. The smallest absolute Gasteiger partial charge is 0.273 e. The lowest BCUT2D eigenvalue weighted by molar-refractivity contribution is 0.0945. The number of nitrogens with zero attached hydrogens (tertiary/aromatic N) is 3. The fourth-order valence-electron chi connectivity index (χ4n) is 2.86. The lowest BCUT2D eigenvalue weighted by atomic mass is 9.97. The Bertz CT molecular complexity index is 768. The summed E-state index contributed by atoms with van der Waals surface area (Å²) in [4.78, 5) is 13.7. The van der Waals surface area contributed by atoms with Gasteiger partial charge in [0.1, 0.15) is 5.69 Å². The van der Waals surface area contributed by atoms with E-state index in [4.69, 9.17) is 11.6 Å². The Morgan fingerprint density at radius 3 is 2.72 bits per heavy atom. The molecule has 0 unspecified atom stereocenters. The monoisotopic (exact) mass is 360 g/mol. The maximum absolute atomic E-state index is 12.4. The van der Waals surface area contributed by atoms with Crippen LogP contribution in [0.4, 0.5) is 0 Å². The molecule has 1 aliphatic rings. The molecule has 0 saturated heterocycles. The van der Waals surface area contributed by atoms with Crippen molar-refractivity contribution in [3.05, 3.63) is 52.3 Å². The lowest BCUT2D eigenvalue weighted by Gasteiger charge is -2.12. The van der Waals surface area contributed by atoms with E-state index in [9.17, 15) is 9.90 Å². The molecule has 0 radical (unpaired) electrons. The maximum Gasteiger partial charge on any atom is 0.273 e. The van der Waals surface area contributed by atoms with Crippen LogP contribution < -0.4 is 5.32 Å². The van der Waals surface area contributed by atoms with Crippen LogP contribution in [-0.4, -0.2) is 32.6 Å². The van der Waals surface area contributed by atoms with Crippen molar-refractivity contribution in [2.24, 2.45) is 0 Å². The van der Waals surface area contributed by atoms with Crippen LogP contribution in [0.2, 0.25) is 5.02 Å². The first-order valence-electron chi connectivity index (χ1n) is 8.46. The number of aromatic nitrogens is 3. The highest BCUT2D eigenvalue weighted by Gasteiger charge is 2.18. The van der Waals surface area contributed by atoms with Gasteiger partial charge in [-0.3, -0.25) is 4.79 Å². The van der Waals surface area contributed by atoms with Crippen LogP contribution >= 0.6 is 11.6 Å². The Hall–Kier alpha value is -2.18. The minimum Gasteiger partial charge on any atom is -0.390 e. The van der Waals surface area contributed by atoms with Gasteiger partial charge in [-0.15, -0.1) is 10.2 Å². The summed E-state index contributed by atoms with van der Waals surface area (Å²) in [5, 5.41) is 21.4. The van der Waals surface area contributed by atoms with Crippen molar-refractivity contribution in [3.8, 4) is 5.69 Å². The van der Waals surface area contributed by atoms with Gasteiger partial charge in [-0.1, -0.05) is 23.3 Å². The van der Waals surface area contributed by atoms with Crippen LogP contribution in [0.3, 0.4) is 0 Å². The standard InChI is InChI=1S/C18H21ClN4O2/c19-14-6-8-15(9-7-14)23-21-16(12-24)17(22-23)18(25)20-11-10-13-4-2-1-3-5-13/h4,6-9,24H,1-3,5,10-12H2,(H,20,25). The third kappa shape index (κ3) is 4.46. The van der Waals surface area contributed by atoms with Crippen LogP contribution in [0.1, 0.15) is 48.3 Å². The van der Waals surface area contributed by atoms with Crippen molar-refractivity contribution in [1.29, 1.82) is 0 Å². The summed E-state index contributed by atoms with van der Waals surface area (Å²) in [6.45, 7) is 0.213. The first-order chi connectivity index (χ1) is 12.2. The van der Waals surface area contributed by atoms with Gasteiger partial charge in [-0.05, 0) is 56.4 Å². The lowest BCUT2D eigenvalue weighted by Crippen LogP contribution is -2.26. The maximum atomic E-state index is 12.4. The summed E-state index contributed by atoms with van der Waals surface area (Å²) >= 11 is 5.88. The number of rotatable bonds is 6. The summed E-state index contributed by atoms with van der Waals surface area (Å²) in [6.07, 6.45) is 7.85. The van der Waals surface area contributed by atoms with Gasteiger partial charge in [0.25, 0.3) is 5.91 Å². The van der Waals surface area contributed by atoms with Gasteiger partial charge in [-0.2, -0.15) is 4.80 Å². The van der Waals surface area contributed by atoms with Gasteiger partial charge in [0.05, 0.1) is 12.3 Å². The first-order valence-corrected chi connectivity index (χ1v) is 8.84. The van der Waals surface area contributed by atoms with Crippen molar-refractivity contribution in [1.82, 2.24) is 20.3 Å². The van der Waals surface area contributed by atoms with Gasteiger partial charge in [0, 0.05) is 11.6 Å². The van der Waals surface area contributed by atoms with Crippen molar-refractivity contribution < 1.29 is 9.90 Å². The number of carbonyl (C=O) groups is 1.